The number of benzene rings is 1. The topological polar surface area (TPSA) is 90.1 Å². The number of carbonyl (C=O) groups is 2. The fraction of sp³-hybridized carbons (Fsp3) is 0.531. The van der Waals surface area contributed by atoms with Gasteiger partial charge >= 0.3 is 0 Å². The molecule has 228 valence electrons. The van der Waals surface area contributed by atoms with Crippen molar-refractivity contribution in [2.75, 3.05) is 19.6 Å². The Morgan fingerprint density at radius 3 is 2.57 bits per heavy atom. The summed E-state index contributed by atoms with van der Waals surface area (Å²) in [6, 6.07) is 4.18. The van der Waals surface area contributed by atoms with Crippen molar-refractivity contribution >= 4 is 34.3 Å². The molecule has 1 aromatic carbocycles. The highest BCUT2D eigenvalue weighted by atomic mass is 35.5. The summed E-state index contributed by atoms with van der Waals surface area (Å²) in [5.74, 6) is -2.39. The molecule has 3 aromatic rings. The van der Waals surface area contributed by atoms with Crippen LogP contribution in [0.2, 0.25) is 5.02 Å². The third kappa shape index (κ3) is 9.31. The summed E-state index contributed by atoms with van der Waals surface area (Å²) in [6.07, 6.45) is 10.3. The Kier molecular flexibility index (Phi) is 11.9. The van der Waals surface area contributed by atoms with E-state index in [-0.39, 0.29) is 30.6 Å². The molecule has 0 saturated carbocycles. The molecular weight excluding hydrogens is 560 g/mol. The number of aryl methyl sites for hydroxylation is 1. The van der Waals surface area contributed by atoms with Gasteiger partial charge in [-0.25, -0.2) is 13.8 Å². The first-order valence-electron chi connectivity index (χ1n) is 15.1. The second kappa shape index (κ2) is 15.5. The van der Waals surface area contributed by atoms with Crippen LogP contribution >= 0.6 is 11.6 Å². The highest BCUT2D eigenvalue weighted by Gasteiger charge is 2.26. The van der Waals surface area contributed by atoms with E-state index in [0.29, 0.717) is 29.1 Å². The van der Waals surface area contributed by atoms with E-state index in [9.17, 15) is 18.4 Å². The van der Waals surface area contributed by atoms with Gasteiger partial charge in [0, 0.05) is 30.2 Å². The Morgan fingerprint density at radius 1 is 1.05 bits per heavy atom. The molecule has 0 radical (unpaired) electrons. The molecule has 1 aliphatic rings. The molecule has 7 nitrogen and oxygen atoms in total. The van der Waals surface area contributed by atoms with Crippen molar-refractivity contribution in [1.29, 1.82) is 0 Å². The van der Waals surface area contributed by atoms with Crippen molar-refractivity contribution in [3.63, 3.8) is 0 Å². The first-order chi connectivity index (χ1) is 20.2. The molecule has 0 unspecified atom stereocenters. The molecule has 42 heavy (non-hydrogen) atoms. The molecule has 3 heterocycles. The number of aromatic nitrogens is 2. The van der Waals surface area contributed by atoms with Crippen LogP contribution in [0.1, 0.15) is 69.9 Å². The first kappa shape index (κ1) is 32.0. The third-order valence-electron chi connectivity index (χ3n) is 7.84. The number of nitrogens with one attached hydrogen (secondary N) is 3. The fourth-order valence-corrected chi connectivity index (χ4v) is 5.77. The van der Waals surface area contributed by atoms with Crippen LogP contribution < -0.4 is 10.6 Å². The summed E-state index contributed by atoms with van der Waals surface area (Å²) < 4.78 is 27.6. The minimum absolute atomic E-state index is 0.0616. The van der Waals surface area contributed by atoms with Crippen molar-refractivity contribution in [1.82, 2.24) is 25.5 Å². The Morgan fingerprint density at radius 2 is 1.83 bits per heavy atom. The standard InChI is InChI=1S/C32H42ClF2N5O2/c1-21(2)38-28(8-4-7-15-40-13-5-3-6-14-40)32(42)39-29(18-22-9-11-26(34)27(35)17-22)30(41)12-10-23-16-24-25(33)20-37-31(24)36-19-23/h9,11,16-17,19-21,28-29,38H,3-8,10,12-15,18H2,1-2H3,(H,36,37)(H,39,42)/t28-,29+/m1/s1. The highest BCUT2D eigenvalue weighted by molar-refractivity contribution is 6.35. The minimum Gasteiger partial charge on any atom is -0.345 e. The Labute approximate surface area is 251 Å². The van der Waals surface area contributed by atoms with Crippen molar-refractivity contribution in [3.05, 3.63) is 64.4 Å². The lowest BCUT2D eigenvalue weighted by Gasteiger charge is -2.27. The van der Waals surface area contributed by atoms with E-state index < -0.39 is 23.7 Å². The van der Waals surface area contributed by atoms with E-state index in [0.717, 1.165) is 55.6 Å². The number of nitrogens with zero attached hydrogens (tertiary/aromatic N) is 2. The number of carbonyl (C=O) groups excluding carboxylic acids is 2. The lowest BCUT2D eigenvalue weighted by atomic mass is 9.97. The van der Waals surface area contributed by atoms with Gasteiger partial charge in [-0.1, -0.05) is 44.4 Å². The summed E-state index contributed by atoms with van der Waals surface area (Å²) in [5.41, 5.74) is 1.94. The van der Waals surface area contributed by atoms with Crippen LogP contribution in [0.5, 0.6) is 0 Å². The number of amides is 1. The number of pyridine rings is 1. The summed E-state index contributed by atoms with van der Waals surface area (Å²) in [4.78, 5) is 36.9. The molecule has 1 fully saturated rings. The van der Waals surface area contributed by atoms with E-state index in [2.05, 4.69) is 25.5 Å². The van der Waals surface area contributed by atoms with Crippen LogP contribution in [0.4, 0.5) is 8.78 Å². The van der Waals surface area contributed by atoms with E-state index >= 15 is 0 Å². The summed E-state index contributed by atoms with van der Waals surface area (Å²) >= 11 is 6.23. The van der Waals surface area contributed by atoms with E-state index in [1.165, 1.54) is 25.3 Å². The molecule has 0 spiro atoms. The average Bonchev–Trinajstić information content (AvgIpc) is 3.35. The van der Waals surface area contributed by atoms with Gasteiger partial charge in [-0.2, -0.15) is 0 Å². The fourth-order valence-electron chi connectivity index (χ4n) is 5.57. The lowest BCUT2D eigenvalue weighted by molar-refractivity contribution is -0.129. The number of hydrogen-bond donors (Lipinski definition) is 3. The number of rotatable bonds is 15. The van der Waals surface area contributed by atoms with Gasteiger partial charge < -0.3 is 20.5 Å². The van der Waals surface area contributed by atoms with Crippen LogP contribution in [-0.4, -0.2) is 64.3 Å². The van der Waals surface area contributed by atoms with Crippen LogP contribution in [-0.2, 0) is 22.4 Å². The van der Waals surface area contributed by atoms with Crippen LogP contribution in [0.15, 0.2) is 36.7 Å². The molecule has 0 aliphatic carbocycles. The molecule has 1 saturated heterocycles. The molecule has 2 atom stereocenters. The molecule has 2 aromatic heterocycles. The Balaban J connectivity index is 1.42. The number of halogens is 3. The molecule has 1 aliphatic heterocycles. The zero-order valence-corrected chi connectivity index (χ0v) is 25.3. The summed E-state index contributed by atoms with van der Waals surface area (Å²) in [7, 11) is 0. The zero-order chi connectivity index (χ0) is 30.1. The predicted molar refractivity (Wildman–Crippen MR) is 163 cm³/mol. The summed E-state index contributed by atoms with van der Waals surface area (Å²) in [5, 5.41) is 7.62. The van der Waals surface area contributed by atoms with Crippen molar-refractivity contribution in [2.45, 2.75) is 89.8 Å². The number of hydrogen-bond acceptors (Lipinski definition) is 5. The van der Waals surface area contributed by atoms with Crippen LogP contribution in [0.25, 0.3) is 11.0 Å². The number of ketones is 1. The van der Waals surface area contributed by atoms with Gasteiger partial charge in [0.1, 0.15) is 5.65 Å². The van der Waals surface area contributed by atoms with Gasteiger partial charge in [0.15, 0.2) is 17.4 Å². The highest BCUT2D eigenvalue weighted by Crippen LogP contribution is 2.23. The smallest absolute Gasteiger partial charge is 0.237 e. The lowest BCUT2D eigenvalue weighted by Crippen LogP contribution is -2.52. The number of likely N-dealkylation sites (tertiary alicyclic amines) is 1. The maximum absolute atomic E-state index is 14.0. The Hall–Kier alpha value is -2.88. The SMILES string of the molecule is CC(C)N[C@H](CCCCN1CCCCC1)C(=O)N[C@@H](Cc1ccc(F)c(F)c1)C(=O)CCc1cnc2[nH]cc(Cl)c2c1. The number of fused-ring (bicyclic) bond motifs is 1. The maximum Gasteiger partial charge on any atom is 0.237 e. The Bertz CT molecular complexity index is 1340. The van der Waals surface area contributed by atoms with Gasteiger partial charge in [0.25, 0.3) is 0 Å². The van der Waals surface area contributed by atoms with Gasteiger partial charge in [-0.05, 0) is 87.5 Å². The number of H-pyrrole nitrogens is 1. The average molecular weight is 602 g/mol. The second-order valence-corrected chi connectivity index (χ2v) is 12.0. The minimum atomic E-state index is -0.985. The third-order valence-corrected chi connectivity index (χ3v) is 8.16. The molecule has 4 rings (SSSR count). The van der Waals surface area contributed by atoms with Crippen molar-refractivity contribution in [3.8, 4) is 0 Å². The van der Waals surface area contributed by atoms with E-state index in [1.807, 2.05) is 19.9 Å². The second-order valence-electron chi connectivity index (χ2n) is 11.6. The van der Waals surface area contributed by atoms with Crippen LogP contribution in [0, 0.1) is 11.6 Å². The monoisotopic (exact) mass is 601 g/mol. The molecule has 1 amide bonds. The largest absolute Gasteiger partial charge is 0.345 e. The normalized spacial score (nSPS) is 15.7. The summed E-state index contributed by atoms with van der Waals surface area (Å²) in [6.45, 7) is 7.29. The molecule has 0 bridgehead atoms. The van der Waals surface area contributed by atoms with Crippen LogP contribution in [0.3, 0.4) is 0 Å². The maximum atomic E-state index is 14.0. The first-order valence-corrected chi connectivity index (χ1v) is 15.4. The van der Waals surface area contributed by atoms with Crippen molar-refractivity contribution in [2.24, 2.45) is 0 Å². The predicted octanol–water partition coefficient (Wildman–Crippen LogP) is 5.75. The number of piperidine rings is 1. The van der Waals surface area contributed by atoms with Gasteiger partial charge in [0.2, 0.25) is 5.91 Å². The van der Waals surface area contributed by atoms with Crippen molar-refractivity contribution < 1.29 is 18.4 Å². The number of Topliss-reactive ketones (excluding diaryl/α,β-unsaturated/α-hetero) is 1. The number of unbranched alkanes of at least 4 members (excludes halogenated alkanes) is 1. The molecular formula is C32H42ClF2N5O2. The quantitative estimate of drug-likeness (QED) is 0.193. The van der Waals surface area contributed by atoms with Gasteiger partial charge in [0.05, 0.1) is 17.1 Å². The number of aromatic amines is 1. The van der Waals surface area contributed by atoms with Gasteiger partial charge in [-0.15, -0.1) is 0 Å². The molecule has 10 heteroatoms. The van der Waals surface area contributed by atoms with E-state index in [4.69, 9.17) is 11.6 Å². The zero-order valence-electron chi connectivity index (χ0n) is 24.5. The molecule has 3 N–H and O–H groups in total. The van der Waals surface area contributed by atoms with Gasteiger partial charge in [-0.3, -0.25) is 9.59 Å². The van der Waals surface area contributed by atoms with E-state index in [1.54, 1.807) is 12.4 Å².